The van der Waals surface area contributed by atoms with Crippen molar-refractivity contribution in [3.8, 4) is 0 Å². The highest BCUT2D eigenvalue weighted by Gasteiger charge is 2.19. The van der Waals surface area contributed by atoms with Gasteiger partial charge >= 0.3 is 0 Å². The molecule has 106 valence electrons. The molecule has 2 aromatic carbocycles. The molecule has 0 aliphatic heterocycles. The van der Waals surface area contributed by atoms with Gasteiger partial charge in [-0.05, 0) is 54.9 Å². The Kier molecular flexibility index (Phi) is 4.35. The Bertz CT molecular complexity index is 643. The Morgan fingerprint density at radius 1 is 1.00 bits per heavy atom. The van der Waals surface area contributed by atoms with Crippen LogP contribution < -0.4 is 5.32 Å². The fraction of sp³-hybridized carbons (Fsp3) is 0.200. The lowest BCUT2D eigenvalue weighted by Crippen LogP contribution is -2.19. The molecule has 0 aromatic heterocycles. The number of hydrogen-bond acceptors (Lipinski definition) is 1. The molecule has 1 unspecified atom stereocenters. The largest absolute Gasteiger partial charge is 0.309 e. The van der Waals surface area contributed by atoms with Crippen LogP contribution in [-0.4, -0.2) is 7.05 Å². The molecule has 0 saturated heterocycles. The predicted molar refractivity (Wildman–Crippen MR) is 73.4 cm³/mol. The van der Waals surface area contributed by atoms with E-state index >= 15 is 0 Å². The number of hydrogen-bond donors (Lipinski definition) is 1. The highest BCUT2D eigenvalue weighted by atomic mass is 35.5. The van der Waals surface area contributed by atoms with Crippen LogP contribution >= 0.6 is 11.6 Å². The Morgan fingerprint density at radius 3 is 2.25 bits per heavy atom. The van der Waals surface area contributed by atoms with E-state index in [2.05, 4.69) is 5.32 Å². The van der Waals surface area contributed by atoms with E-state index in [0.717, 1.165) is 17.7 Å². The molecule has 2 aromatic rings. The maximum Gasteiger partial charge on any atom is 0.160 e. The van der Waals surface area contributed by atoms with Gasteiger partial charge in [0.05, 0.1) is 6.04 Å². The molecule has 0 aliphatic carbocycles. The summed E-state index contributed by atoms with van der Waals surface area (Å²) < 4.78 is 39.7. The molecule has 20 heavy (non-hydrogen) atoms. The third-order valence-electron chi connectivity index (χ3n) is 3.18. The average Bonchev–Trinajstić information content (AvgIpc) is 2.38. The lowest BCUT2D eigenvalue weighted by atomic mass is 9.95. The van der Waals surface area contributed by atoms with Crippen LogP contribution in [0.4, 0.5) is 13.2 Å². The van der Waals surface area contributed by atoms with Gasteiger partial charge in [-0.15, -0.1) is 0 Å². The number of rotatable bonds is 3. The maximum absolute atomic E-state index is 13.4. The van der Waals surface area contributed by atoms with Crippen molar-refractivity contribution in [2.24, 2.45) is 0 Å². The average molecular weight is 300 g/mol. The summed E-state index contributed by atoms with van der Waals surface area (Å²) in [5.74, 6) is -2.31. The first-order valence-electron chi connectivity index (χ1n) is 6.01. The zero-order valence-electron chi connectivity index (χ0n) is 11.0. The third-order valence-corrected chi connectivity index (χ3v) is 3.51. The summed E-state index contributed by atoms with van der Waals surface area (Å²) in [6, 6.07) is 5.85. The van der Waals surface area contributed by atoms with Crippen molar-refractivity contribution in [2.45, 2.75) is 13.0 Å². The Labute approximate surface area is 120 Å². The first-order valence-corrected chi connectivity index (χ1v) is 6.39. The van der Waals surface area contributed by atoms with Gasteiger partial charge in [0.1, 0.15) is 5.82 Å². The van der Waals surface area contributed by atoms with E-state index in [4.69, 9.17) is 11.6 Å². The van der Waals surface area contributed by atoms with Gasteiger partial charge in [-0.2, -0.15) is 0 Å². The normalized spacial score (nSPS) is 12.5. The van der Waals surface area contributed by atoms with Crippen molar-refractivity contribution in [2.75, 3.05) is 7.05 Å². The van der Waals surface area contributed by atoms with E-state index < -0.39 is 17.7 Å². The summed E-state index contributed by atoms with van der Waals surface area (Å²) in [7, 11) is 1.67. The highest BCUT2D eigenvalue weighted by molar-refractivity contribution is 6.31. The third kappa shape index (κ3) is 2.81. The fourth-order valence-corrected chi connectivity index (χ4v) is 2.46. The second-order valence-corrected chi connectivity index (χ2v) is 4.92. The van der Waals surface area contributed by atoms with Gasteiger partial charge in [0.2, 0.25) is 0 Å². The second kappa shape index (κ2) is 5.85. The van der Waals surface area contributed by atoms with Gasteiger partial charge in [-0.1, -0.05) is 17.7 Å². The monoisotopic (exact) mass is 299 g/mol. The molecular weight excluding hydrogens is 287 g/mol. The Morgan fingerprint density at radius 2 is 1.65 bits per heavy atom. The number of halogens is 4. The predicted octanol–water partition coefficient (Wildman–Crippen LogP) is 4.37. The number of benzene rings is 2. The fourth-order valence-electron chi connectivity index (χ4n) is 2.20. The Hall–Kier alpha value is -1.52. The minimum Gasteiger partial charge on any atom is -0.309 e. The summed E-state index contributed by atoms with van der Waals surface area (Å²) in [5, 5.41) is 3.10. The topological polar surface area (TPSA) is 12.0 Å². The first-order chi connectivity index (χ1) is 9.43. The zero-order valence-corrected chi connectivity index (χ0v) is 11.7. The SMILES string of the molecule is CNC(c1ccc(F)cc1C)c1cc(F)c(F)cc1Cl. The molecule has 2 rings (SSSR count). The van der Waals surface area contributed by atoms with Crippen LogP contribution in [-0.2, 0) is 0 Å². The van der Waals surface area contributed by atoms with Gasteiger partial charge in [0.15, 0.2) is 11.6 Å². The van der Waals surface area contributed by atoms with E-state index in [9.17, 15) is 13.2 Å². The van der Waals surface area contributed by atoms with E-state index in [1.807, 2.05) is 0 Å². The van der Waals surface area contributed by atoms with Gasteiger partial charge < -0.3 is 5.32 Å². The van der Waals surface area contributed by atoms with Crippen LogP contribution in [0.25, 0.3) is 0 Å². The van der Waals surface area contributed by atoms with Crippen LogP contribution in [0.1, 0.15) is 22.7 Å². The smallest absolute Gasteiger partial charge is 0.160 e. The molecule has 0 spiro atoms. The quantitative estimate of drug-likeness (QED) is 0.830. The maximum atomic E-state index is 13.4. The van der Waals surface area contributed by atoms with E-state index in [0.29, 0.717) is 11.1 Å². The van der Waals surface area contributed by atoms with Crippen molar-refractivity contribution in [3.63, 3.8) is 0 Å². The molecule has 1 N–H and O–H groups in total. The summed E-state index contributed by atoms with van der Waals surface area (Å²) >= 11 is 5.99. The van der Waals surface area contributed by atoms with E-state index in [-0.39, 0.29) is 10.8 Å². The molecule has 5 heteroatoms. The molecule has 1 atom stereocenters. The molecule has 1 nitrogen and oxygen atoms in total. The van der Waals surface area contributed by atoms with Crippen molar-refractivity contribution in [1.29, 1.82) is 0 Å². The molecule has 0 radical (unpaired) electrons. The zero-order chi connectivity index (χ0) is 14.9. The second-order valence-electron chi connectivity index (χ2n) is 4.51. The lowest BCUT2D eigenvalue weighted by molar-refractivity contribution is 0.505. The van der Waals surface area contributed by atoms with Gasteiger partial charge in [-0.25, -0.2) is 13.2 Å². The molecule has 0 saturated carbocycles. The molecule has 0 fully saturated rings. The molecule has 0 amide bonds. The van der Waals surface area contributed by atoms with Crippen LogP contribution in [0.3, 0.4) is 0 Å². The molecular formula is C15H13ClF3N. The van der Waals surface area contributed by atoms with Crippen LogP contribution in [0.2, 0.25) is 5.02 Å². The van der Waals surface area contributed by atoms with Gasteiger partial charge in [0, 0.05) is 5.02 Å². The van der Waals surface area contributed by atoms with E-state index in [1.165, 1.54) is 12.1 Å². The standard InChI is InChI=1S/C15H13ClF3N/c1-8-5-9(17)3-4-10(8)15(20-2)11-6-13(18)14(19)7-12(11)16/h3-7,15,20H,1-2H3. The van der Waals surface area contributed by atoms with Crippen LogP contribution in [0.5, 0.6) is 0 Å². The number of aryl methyl sites for hydroxylation is 1. The minimum absolute atomic E-state index is 0.118. The molecule has 0 bridgehead atoms. The summed E-state index contributed by atoms with van der Waals surface area (Å²) in [4.78, 5) is 0. The summed E-state index contributed by atoms with van der Waals surface area (Å²) in [6.07, 6.45) is 0. The van der Waals surface area contributed by atoms with Crippen molar-refractivity contribution >= 4 is 11.6 Å². The summed E-state index contributed by atoms with van der Waals surface area (Å²) in [5.41, 5.74) is 1.86. The van der Waals surface area contributed by atoms with Gasteiger partial charge in [-0.3, -0.25) is 0 Å². The van der Waals surface area contributed by atoms with Crippen molar-refractivity contribution in [3.05, 3.63) is 69.5 Å². The lowest BCUT2D eigenvalue weighted by Gasteiger charge is -2.21. The highest BCUT2D eigenvalue weighted by Crippen LogP contribution is 2.31. The minimum atomic E-state index is -0.996. The van der Waals surface area contributed by atoms with Crippen LogP contribution in [0, 0.1) is 24.4 Å². The van der Waals surface area contributed by atoms with Gasteiger partial charge in [0.25, 0.3) is 0 Å². The molecule has 0 heterocycles. The molecule has 0 aliphatic rings. The number of nitrogens with one attached hydrogen (secondary N) is 1. The van der Waals surface area contributed by atoms with E-state index in [1.54, 1.807) is 20.0 Å². The van der Waals surface area contributed by atoms with Crippen molar-refractivity contribution < 1.29 is 13.2 Å². The van der Waals surface area contributed by atoms with Crippen molar-refractivity contribution in [1.82, 2.24) is 5.32 Å². The summed E-state index contributed by atoms with van der Waals surface area (Å²) in [6.45, 7) is 1.75. The Balaban J connectivity index is 2.55. The van der Waals surface area contributed by atoms with Crippen LogP contribution in [0.15, 0.2) is 30.3 Å². The first kappa shape index (κ1) is 14.9.